The topological polar surface area (TPSA) is 57.0 Å². The Morgan fingerprint density at radius 1 is 1.45 bits per heavy atom. The van der Waals surface area contributed by atoms with E-state index >= 15 is 0 Å². The molecule has 0 bridgehead atoms. The molecule has 0 N–H and O–H groups in total. The number of hydrogen-bond acceptors (Lipinski definition) is 5. The third-order valence-electron chi connectivity index (χ3n) is 2.91. The summed E-state index contributed by atoms with van der Waals surface area (Å²) in [6.45, 7) is 4.32. The number of thiazole rings is 1. The van der Waals surface area contributed by atoms with Crippen molar-refractivity contribution in [2.45, 2.75) is 33.1 Å². The Bertz CT molecular complexity index is 589. The fourth-order valence-electron chi connectivity index (χ4n) is 1.98. The minimum atomic E-state index is -0.169. The molecule has 0 fully saturated rings. The van der Waals surface area contributed by atoms with Gasteiger partial charge in [-0.15, -0.1) is 11.3 Å². The van der Waals surface area contributed by atoms with Gasteiger partial charge in [0.2, 0.25) is 0 Å². The molecule has 0 aliphatic rings. The van der Waals surface area contributed by atoms with E-state index in [1.165, 1.54) is 0 Å². The minimum absolute atomic E-state index is 0.169. The van der Waals surface area contributed by atoms with Crippen molar-refractivity contribution in [2.75, 3.05) is 6.61 Å². The number of nitrogens with zero attached hydrogens (tertiary/aromatic N) is 3. The first-order valence-corrected chi connectivity index (χ1v) is 7.64. The molecule has 2 rings (SSSR count). The monoisotopic (exact) mass is 293 g/mol. The highest BCUT2D eigenvalue weighted by atomic mass is 32.1. The highest BCUT2D eigenvalue weighted by Crippen LogP contribution is 2.27. The van der Waals surface area contributed by atoms with Crippen molar-refractivity contribution in [1.82, 2.24) is 14.8 Å². The Balaban J connectivity index is 2.06. The van der Waals surface area contributed by atoms with Gasteiger partial charge in [0.25, 0.3) is 0 Å². The van der Waals surface area contributed by atoms with Crippen LogP contribution in [0.4, 0.5) is 0 Å². The van der Waals surface area contributed by atoms with Crippen LogP contribution in [0, 0.1) is 0 Å². The number of ether oxygens (including phenoxy) is 1. The third-order valence-corrected chi connectivity index (χ3v) is 3.84. The molecule has 0 aliphatic carbocycles. The largest absolute Gasteiger partial charge is 0.466 e. The van der Waals surface area contributed by atoms with Crippen LogP contribution >= 0.6 is 11.3 Å². The van der Waals surface area contributed by atoms with Gasteiger partial charge in [-0.05, 0) is 13.3 Å². The molecule has 0 radical (unpaired) electrons. The SMILES string of the molecule is CCOC(=O)CCc1csc(-c2cn(C)nc2CC)n1. The number of aryl methyl sites for hydroxylation is 3. The molecule has 20 heavy (non-hydrogen) atoms. The second-order valence-electron chi connectivity index (χ2n) is 4.47. The van der Waals surface area contributed by atoms with Crippen LogP contribution in [0.15, 0.2) is 11.6 Å². The van der Waals surface area contributed by atoms with Crippen molar-refractivity contribution in [3.8, 4) is 10.6 Å². The van der Waals surface area contributed by atoms with E-state index in [1.54, 1.807) is 11.3 Å². The van der Waals surface area contributed by atoms with E-state index in [9.17, 15) is 4.79 Å². The van der Waals surface area contributed by atoms with Crippen molar-refractivity contribution in [1.29, 1.82) is 0 Å². The number of aromatic nitrogens is 3. The number of rotatable bonds is 6. The van der Waals surface area contributed by atoms with Gasteiger partial charge >= 0.3 is 5.97 Å². The van der Waals surface area contributed by atoms with Crippen LogP contribution in [0.25, 0.3) is 10.6 Å². The first kappa shape index (κ1) is 14.7. The first-order valence-electron chi connectivity index (χ1n) is 6.77. The molecule has 5 nitrogen and oxygen atoms in total. The standard InChI is InChI=1S/C14H19N3O2S/c1-4-12-11(8-17(3)16-12)14-15-10(9-20-14)6-7-13(18)19-5-2/h8-9H,4-7H2,1-3H3. The molecule has 0 saturated heterocycles. The molecule has 2 heterocycles. The highest BCUT2D eigenvalue weighted by Gasteiger charge is 2.13. The lowest BCUT2D eigenvalue weighted by molar-refractivity contribution is -0.143. The van der Waals surface area contributed by atoms with Gasteiger partial charge in [-0.1, -0.05) is 6.92 Å². The predicted octanol–water partition coefficient (Wildman–Crippen LogP) is 2.60. The summed E-state index contributed by atoms with van der Waals surface area (Å²) in [6, 6.07) is 0. The van der Waals surface area contributed by atoms with Crippen LogP contribution in [0.3, 0.4) is 0 Å². The maximum absolute atomic E-state index is 11.3. The van der Waals surface area contributed by atoms with Crippen LogP contribution in [0.2, 0.25) is 0 Å². The molecule has 108 valence electrons. The average Bonchev–Trinajstić information content (AvgIpc) is 3.02. The van der Waals surface area contributed by atoms with Gasteiger partial charge in [0, 0.05) is 25.0 Å². The van der Waals surface area contributed by atoms with E-state index in [0.717, 1.165) is 28.4 Å². The molecule has 0 aliphatic heterocycles. The molecular weight excluding hydrogens is 274 g/mol. The summed E-state index contributed by atoms with van der Waals surface area (Å²) in [5.74, 6) is -0.169. The summed E-state index contributed by atoms with van der Waals surface area (Å²) in [5, 5.41) is 7.39. The van der Waals surface area contributed by atoms with Gasteiger partial charge in [-0.25, -0.2) is 4.98 Å². The Hall–Kier alpha value is -1.69. The van der Waals surface area contributed by atoms with E-state index in [-0.39, 0.29) is 5.97 Å². The fraction of sp³-hybridized carbons (Fsp3) is 0.500. The summed E-state index contributed by atoms with van der Waals surface area (Å²) in [7, 11) is 1.91. The van der Waals surface area contributed by atoms with Gasteiger partial charge in [-0.3, -0.25) is 9.48 Å². The molecule has 0 aromatic carbocycles. The zero-order chi connectivity index (χ0) is 14.5. The Morgan fingerprint density at radius 2 is 2.25 bits per heavy atom. The molecule has 0 saturated carbocycles. The van der Waals surface area contributed by atoms with E-state index in [0.29, 0.717) is 19.4 Å². The highest BCUT2D eigenvalue weighted by molar-refractivity contribution is 7.13. The fourth-order valence-corrected chi connectivity index (χ4v) is 2.87. The summed E-state index contributed by atoms with van der Waals surface area (Å²) in [5.41, 5.74) is 3.07. The quantitative estimate of drug-likeness (QED) is 0.768. The van der Waals surface area contributed by atoms with E-state index in [4.69, 9.17) is 4.74 Å². The molecular formula is C14H19N3O2S. The minimum Gasteiger partial charge on any atom is -0.466 e. The summed E-state index contributed by atoms with van der Waals surface area (Å²) in [4.78, 5) is 15.9. The predicted molar refractivity (Wildman–Crippen MR) is 78.6 cm³/mol. The van der Waals surface area contributed by atoms with Crippen LogP contribution in [-0.2, 0) is 29.4 Å². The molecule has 0 atom stereocenters. The van der Waals surface area contributed by atoms with Gasteiger partial charge in [-0.2, -0.15) is 5.10 Å². The lowest BCUT2D eigenvalue weighted by Crippen LogP contribution is -2.05. The number of carbonyl (C=O) groups is 1. The van der Waals surface area contributed by atoms with Gasteiger partial charge < -0.3 is 4.74 Å². The summed E-state index contributed by atoms with van der Waals surface area (Å²) < 4.78 is 6.73. The van der Waals surface area contributed by atoms with Crippen molar-refractivity contribution < 1.29 is 9.53 Å². The maximum atomic E-state index is 11.3. The van der Waals surface area contributed by atoms with Gasteiger partial charge in [0.1, 0.15) is 5.01 Å². The second kappa shape index (κ2) is 6.65. The zero-order valence-electron chi connectivity index (χ0n) is 12.0. The van der Waals surface area contributed by atoms with Crippen LogP contribution in [0.5, 0.6) is 0 Å². The molecule has 2 aromatic rings. The summed E-state index contributed by atoms with van der Waals surface area (Å²) in [6.07, 6.45) is 3.88. The van der Waals surface area contributed by atoms with Crippen molar-refractivity contribution in [2.24, 2.45) is 7.05 Å². The molecule has 0 amide bonds. The Kier molecular flexibility index (Phi) is 4.89. The smallest absolute Gasteiger partial charge is 0.306 e. The lowest BCUT2D eigenvalue weighted by atomic mass is 10.2. The molecule has 0 spiro atoms. The van der Waals surface area contributed by atoms with Crippen molar-refractivity contribution >= 4 is 17.3 Å². The second-order valence-corrected chi connectivity index (χ2v) is 5.32. The zero-order valence-corrected chi connectivity index (χ0v) is 12.9. The van der Waals surface area contributed by atoms with Crippen molar-refractivity contribution in [3.05, 3.63) is 23.0 Å². The first-order chi connectivity index (χ1) is 9.63. The number of carbonyl (C=O) groups excluding carboxylic acids is 1. The lowest BCUT2D eigenvalue weighted by Gasteiger charge is -1.99. The van der Waals surface area contributed by atoms with Crippen LogP contribution in [0.1, 0.15) is 31.7 Å². The maximum Gasteiger partial charge on any atom is 0.306 e. The number of esters is 1. The normalized spacial score (nSPS) is 10.8. The van der Waals surface area contributed by atoms with Crippen molar-refractivity contribution in [3.63, 3.8) is 0 Å². The Morgan fingerprint density at radius 3 is 2.95 bits per heavy atom. The number of hydrogen-bond donors (Lipinski definition) is 0. The molecule has 2 aromatic heterocycles. The van der Waals surface area contributed by atoms with E-state index in [2.05, 4.69) is 17.0 Å². The third kappa shape index (κ3) is 3.45. The molecule has 0 unspecified atom stereocenters. The Labute approximate surface area is 122 Å². The van der Waals surface area contributed by atoms with Gasteiger partial charge in [0.15, 0.2) is 0 Å². The van der Waals surface area contributed by atoms with Gasteiger partial charge in [0.05, 0.1) is 30.0 Å². The van der Waals surface area contributed by atoms with E-state index < -0.39 is 0 Å². The molecule has 6 heteroatoms. The van der Waals surface area contributed by atoms with Crippen LogP contribution in [-0.4, -0.2) is 27.3 Å². The summed E-state index contributed by atoms with van der Waals surface area (Å²) >= 11 is 1.59. The average molecular weight is 293 g/mol. The van der Waals surface area contributed by atoms with E-state index in [1.807, 2.05) is 30.2 Å². The van der Waals surface area contributed by atoms with Crippen LogP contribution < -0.4 is 0 Å².